The first-order valence-electron chi connectivity index (χ1n) is 13.8. The second-order valence-electron chi connectivity index (χ2n) is 10.9. The van der Waals surface area contributed by atoms with E-state index in [2.05, 4.69) is 10.6 Å². The number of ether oxygens (including phenoxy) is 1. The number of carbonyl (C=O) groups is 2. The largest absolute Gasteiger partial charge is 0.480 e. The molecular weight excluding hydrogens is 573 g/mol. The van der Waals surface area contributed by atoms with Gasteiger partial charge in [0.25, 0.3) is 5.91 Å². The fourth-order valence-electron chi connectivity index (χ4n) is 5.52. The molecule has 0 saturated carbocycles. The summed E-state index contributed by atoms with van der Waals surface area (Å²) in [4.78, 5) is 28.0. The summed E-state index contributed by atoms with van der Waals surface area (Å²) < 4.78 is 70.0. The van der Waals surface area contributed by atoms with Crippen molar-refractivity contribution in [3.8, 4) is 5.75 Å². The summed E-state index contributed by atoms with van der Waals surface area (Å²) in [5.74, 6) is -1.37. The number of nitrogens with one attached hydrogen (secondary N) is 3. The number of rotatable bonds is 9. The van der Waals surface area contributed by atoms with Crippen molar-refractivity contribution in [1.29, 1.82) is 5.41 Å². The number of guanidine groups is 1. The number of para-hydroxylation sites is 1. The van der Waals surface area contributed by atoms with Crippen LogP contribution >= 0.6 is 0 Å². The van der Waals surface area contributed by atoms with Gasteiger partial charge in [0.2, 0.25) is 5.91 Å². The van der Waals surface area contributed by atoms with Crippen LogP contribution in [0.25, 0.3) is 0 Å². The molecule has 4 rings (SSSR count). The van der Waals surface area contributed by atoms with Crippen molar-refractivity contribution >= 4 is 27.6 Å². The lowest BCUT2D eigenvalue weighted by molar-refractivity contribution is -0.201. The number of benzene rings is 2. The fraction of sp³-hybridized carbons (Fsp3) is 0.483. The van der Waals surface area contributed by atoms with Gasteiger partial charge in [-0.05, 0) is 43.0 Å². The lowest BCUT2D eigenvalue weighted by Gasteiger charge is -2.45. The Morgan fingerprint density at radius 3 is 2.50 bits per heavy atom. The minimum atomic E-state index is -4.63. The van der Waals surface area contributed by atoms with Gasteiger partial charge in [-0.1, -0.05) is 44.2 Å². The van der Waals surface area contributed by atoms with Crippen molar-refractivity contribution < 1.29 is 35.9 Å². The maximum Gasteiger partial charge on any atom is 0.425 e. The number of carbonyl (C=O) groups excluding carboxylic acids is 2. The third-order valence-electron chi connectivity index (χ3n) is 8.03. The topological polar surface area (TPSA) is 129 Å². The van der Waals surface area contributed by atoms with Crippen LogP contribution in [0.15, 0.2) is 48.5 Å². The number of alkyl halides is 3. The van der Waals surface area contributed by atoms with Crippen LogP contribution in [0.3, 0.4) is 0 Å². The monoisotopic (exact) mass is 608 g/mol. The van der Waals surface area contributed by atoms with Crippen LogP contribution in [0.5, 0.6) is 5.75 Å². The van der Waals surface area contributed by atoms with Crippen molar-refractivity contribution in [2.75, 3.05) is 12.0 Å². The highest BCUT2D eigenvalue weighted by molar-refractivity contribution is 7.90. The molecule has 0 aliphatic carbocycles. The van der Waals surface area contributed by atoms with Crippen molar-refractivity contribution in [3.05, 3.63) is 65.2 Å². The van der Waals surface area contributed by atoms with Crippen molar-refractivity contribution in [1.82, 2.24) is 15.5 Å². The quantitative estimate of drug-likeness (QED) is 0.380. The first kappa shape index (κ1) is 31.3. The van der Waals surface area contributed by atoms with Gasteiger partial charge in [-0.25, -0.2) is 8.42 Å². The molecule has 13 heteroatoms. The highest BCUT2D eigenvalue weighted by atomic mass is 32.2. The van der Waals surface area contributed by atoms with Gasteiger partial charge in [-0.2, -0.15) is 13.2 Å². The molecule has 1 saturated heterocycles. The van der Waals surface area contributed by atoms with Crippen LogP contribution in [-0.2, 0) is 14.6 Å². The number of fused-ring (bicyclic) bond motifs is 1. The normalized spacial score (nSPS) is 21.1. The molecule has 2 aliphatic heterocycles. The number of hydrogen-bond acceptors (Lipinski definition) is 6. The van der Waals surface area contributed by atoms with E-state index in [-0.39, 0.29) is 41.8 Å². The summed E-state index contributed by atoms with van der Waals surface area (Å²) in [5.41, 5.74) is 0.376. The van der Waals surface area contributed by atoms with Gasteiger partial charge in [0.05, 0.1) is 24.3 Å². The molecule has 0 bridgehead atoms. The smallest absolute Gasteiger partial charge is 0.425 e. The highest BCUT2D eigenvalue weighted by Crippen LogP contribution is 2.40. The highest BCUT2D eigenvalue weighted by Gasteiger charge is 2.47. The number of amides is 2. The van der Waals surface area contributed by atoms with Crippen LogP contribution in [-0.4, -0.2) is 60.9 Å². The van der Waals surface area contributed by atoms with E-state index in [4.69, 9.17) is 10.1 Å². The molecule has 3 N–H and O–H groups in total. The molecule has 0 spiro atoms. The van der Waals surface area contributed by atoms with Gasteiger partial charge < -0.3 is 15.4 Å². The minimum absolute atomic E-state index is 0.0223. The van der Waals surface area contributed by atoms with Crippen LogP contribution in [0.2, 0.25) is 0 Å². The molecule has 9 nitrogen and oxygen atoms in total. The van der Waals surface area contributed by atoms with Gasteiger partial charge in [0.1, 0.15) is 15.6 Å². The Bertz CT molecular complexity index is 1440. The number of nitrogens with zero attached hydrogens (tertiary/aromatic N) is 1. The molecule has 42 heavy (non-hydrogen) atoms. The Hall–Kier alpha value is -3.61. The molecule has 2 amide bonds. The summed E-state index contributed by atoms with van der Waals surface area (Å²) in [6.07, 6.45) is -4.84. The molecule has 0 aromatic heterocycles. The zero-order chi connectivity index (χ0) is 30.9. The maximum atomic E-state index is 13.6. The number of halogens is 3. The summed E-state index contributed by atoms with van der Waals surface area (Å²) in [6, 6.07) is 10.5. The van der Waals surface area contributed by atoms with E-state index in [9.17, 15) is 31.2 Å². The van der Waals surface area contributed by atoms with Crippen LogP contribution in [0, 0.1) is 5.41 Å². The van der Waals surface area contributed by atoms with Crippen molar-refractivity contribution in [3.63, 3.8) is 0 Å². The molecule has 2 heterocycles. The standard InChI is InChI=1S/C29H35F3N4O5S/c1-4-28(5-2)17-25(37)36(27(33)35-28)22(13-14-42(3,39)40)18-9-8-10-19(15-18)26(38)34-21-16-24(29(30,31)32)41-23-12-7-6-11-20(21)23/h6-12,15,21-22,24H,4-5,13-14,16-17H2,1-3H3,(H2,33,35)(H,34,38)/t21-,22?,24+/m0/s1. The van der Waals surface area contributed by atoms with Crippen LogP contribution < -0.4 is 15.4 Å². The molecule has 2 aromatic rings. The molecule has 1 unspecified atom stereocenters. The predicted molar refractivity (Wildman–Crippen MR) is 151 cm³/mol. The average molecular weight is 609 g/mol. The SMILES string of the molecule is CCC1(CC)CC(=O)N(C(CCS(C)(=O)=O)c2cccc(C(=O)N[C@H]3C[C@H](C(F)(F)F)Oc4ccccc43)c2)C(=N)N1. The Morgan fingerprint density at radius 2 is 1.88 bits per heavy atom. The Balaban J connectivity index is 1.63. The third kappa shape index (κ3) is 6.88. The molecule has 3 atom stereocenters. The molecular formula is C29H35F3N4O5S. The maximum absolute atomic E-state index is 13.6. The van der Waals surface area contributed by atoms with E-state index >= 15 is 0 Å². The summed E-state index contributed by atoms with van der Waals surface area (Å²) in [5, 5.41) is 14.5. The van der Waals surface area contributed by atoms with E-state index in [1.807, 2.05) is 13.8 Å². The van der Waals surface area contributed by atoms with Gasteiger partial charge in [0, 0.05) is 29.3 Å². The minimum Gasteiger partial charge on any atom is -0.480 e. The third-order valence-corrected chi connectivity index (χ3v) is 9.00. The molecule has 2 aromatic carbocycles. The number of hydrogen-bond donors (Lipinski definition) is 3. The lowest BCUT2D eigenvalue weighted by Crippen LogP contribution is -2.62. The average Bonchev–Trinajstić information content (AvgIpc) is 2.93. The van der Waals surface area contributed by atoms with E-state index in [0.29, 0.717) is 24.0 Å². The van der Waals surface area contributed by atoms with E-state index < -0.39 is 52.1 Å². The van der Waals surface area contributed by atoms with Crippen LogP contribution in [0.1, 0.15) is 79.5 Å². The second kappa shape index (κ2) is 11.9. The second-order valence-corrected chi connectivity index (χ2v) is 13.2. The van der Waals surface area contributed by atoms with Gasteiger partial charge in [-0.3, -0.25) is 19.9 Å². The Labute approximate surface area is 243 Å². The Kier molecular flexibility index (Phi) is 8.91. The fourth-order valence-corrected chi connectivity index (χ4v) is 6.17. The summed E-state index contributed by atoms with van der Waals surface area (Å²) in [6.45, 7) is 3.84. The van der Waals surface area contributed by atoms with Gasteiger partial charge in [-0.15, -0.1) is 0 Å². The van der Waals surface area contributed by atoms with Crippen molar-refractivity contribution in [2.45, 2.75) is 75.9 Å². The van der Waals surface area contributed by atoms with E-state index in [1.54, 1.807) is 30.3 Å². The van der Waals surface area contributed by atoms with Crippen LogP contribution in [0.4, 0.5) is 13.2 Å². The van der Waals surface area contributed by atoms with E-state index in [0.717, 1.165) is 6.26 Å². The van der Waals surface area contributed by atoms with Gasteiger partial charge in [0.15, 0.2) is 12.1 Å². The Morgan fingerprint density at radius 1 is 1.19 bits per heavy atom. The van der Waals surface area contributed by atoms with Gasteiger partial charge >= 0.3 is 6.18 Å². The lowest BCUT2D eigenvalue weighted by atomic mass is 9.86. The molecule has 1 fully saturated rings. The van der Waals surface area contributed by atoms with Crippen molar-refractivity contribution in [2.24, 2.45) is 0 Å². The summed E-state index contributed by atoms with van der Waals surface area (Å²) >= 11 is 0. The zero-order valence-corrected chi connectivity index (χ0v) is 24.4. The summed E-state index contributed by atoms with van der Waals surface area (Å²) in [7, 11) is -3.44. The molecule has 228 valence electrons. The first-order chi connectivity index (χ1) is 19.7. The number of sulfone groups is 1. The first-order valence-corrected chi connectivity index (χ1v) is 15.8. The predicted octanol–water partition coefficient (Wildman–Crippen LogP) is 4.66. The van der Waals surface area contributed by atoms with E-state index in [1.165, 1.54) is 23.1 Å². The molecule has 0 radical (unpaired) electrons. The zero-order valence-electron chi connectivity index (χ0n) is 23.6. The molecule has 2 aliphatic rings.